The van der Waals surface area contributed by atoms with Crippen molar-refractivity contribution in [3.05, 3.63) is 34.3 Å². The summed E-state index contributed by atoms with van der Waals surface area (Å²) in [4.78, 5) is 26.2. The minimum absolute atomic E-state index is 0.0103. The van der Waals surface area contributed by atoms with Gasteiger partial charge in [-0.3, -0.25) is 9.59 Å². The van der Waals surface area contributed by atoms with Gasteiger partial charge in [-0.05, 0) is 38.0 Å². The zero-order valence-electron chi connectivity index (χ0n) is 12.4. The van der Waals surface area contributed by atoms with Gasteiger partial charge in [-0.1, -0.05) is 28.1 Å². The van der Waals surface area contributed by atoms with Gasteiger partial charge in [-0.2, -0.15) is 0 Å². The van der Waals surface area contributed by atoms with Crippen LogP contribution in [0.5, 0.6) is 0 Å². The van der Waals surface area contributed by atoms with Gasteiger partial charge in [0.1, 0.15) is 0 Å². The second kappa shape index (κ2) is 7.07. The maximum absolute atomic E-state index is 12.2. The molecule has 4 nitrogen and oxygen atoms in total. The number of hydrogen-bond donors (Lipinski definition) is 1. The number of nitrogens with zero attached hydrogens (tertiary/aromatic N) is 1. The minimum Gasteiger partial charge on any atom is -0.356 e. The molecule has 0 spiro atoms. The molecule has 1 heterocycles. The number of amides is 2. The molecule has 2 unspecified atom stereocenters. The molecule has 1 aliphatic rings. The van der Waals surface area contributed by atoms with Gasteiger partial charge >= 0.3 is 0 Å². The highest BCUT2D eigenvalue weighted by atomic mass is 79.9. The number of carbonyl (C=O) groups excluding carboxylic acids is 2. The third-order valence-corrected chi connectivity index (χ3v) is 4.49. The quantitative estimate of drug-likeness (QED) is 0.884. The number of rotatable bonds is 5. The van der Waals surface area contributed by atoms with Crippen LogP contribution in [-0.2, 0) is 16.0 Å². The normalized spacial score (nSPS) is 21.7. The lowest BCUT2D eigenvalue weighted by atomic mass is 9.93. The standard InChI is InChI=1S/C16H21BrN2O2/c1-3-18-16(21)13-10-15(20)19(4-2)14(13)9-11-5-7-12(17)8-6-11/h5-8,13-14H,3-4,9-10H2,1-2H3,(H,18,21). The Morgan fingerprint density at radius 2 is 2.00 bits per heavy atom. The Kier molecular flexibility index (Phi) is 5.39. The van der Waals surface area contributed by atoms with E-state index in [0.29, 0.717) is 25.9 Å². The van der Waals surface area contributed by atoms with Crippen LogP contribution in [0.4, 0.5) is 0 Å². The van der Waals surface area contributed by atoms with E-state index in [9.17, 15) is 9.59 Å². The molecular formula is C16H21BrN2O2. The molecule has 2 atom stereocenters. The molecule has 5 heteroatoms. The van der Waals surface area contributed by atoms with E-state index >= 15 is 0 Å². The molecular weight excluding hydrogens is 332 g/mol. The van der Waals surface area contributed by atoms with Crippen LogP contribution in [0, 0.1) is 5.92 Å². The van der Waals surface area contributed by atoms with Crippen molar-refractivity contribution in [2.75, 3.05) is 13.1 Å². The van der Waals surface area contributed by atoms with E-state index in [4.69, 9.17) is 0 Å². The molecule has 1 saturated heterocycles. The summed E-state index contributed by atoms with van der Waals surface area (Å²) in [5.74, 6) is -0.180. The Hall–Kier alpha value is -1.36. The fraction of sp³-hybridized carbons (Fsp3) is 0.500. The first-order chi connectivity index (χ1) is 10.1. The van der Waals surface area contributed by atoms with Gasteiger partial charge in [-0.15, -0.1) is 0 Å². The van der Waals surface area contributed by atoms with E-state index in [0.717, 1.165) is 10.0 Å². The van der Waals surface area contributed by atoms with E-state index < -0.39 is 0 Å². The van der Waals surface area contributed by atoms with Crippen LogP contribution in [-0.4, -0.2) is 35.8 Å². The van der Waals surface area contributed by atoms with Crippen molar-refractivity contribution in [1.29, 1.82) is 0 Å². The van der Waals surface area contributed by atoms with Crippen LogP contribution in [0.25, 0.3) is 0 Å². The van der Waals surface area contributed by atoms with Crippen molar-refractivity contribution in [1.82, 2.24) is 10.2 Å². The summed E-state index contributed by atoms with van der Waals surface area (Å²) in [6, 6.07) is 8.01. The van der Waals surface area contributed by atoms with Crippen LogP contribution in [0.15, 0.2) is 28.7 Å². The van der Waals surface area contributed by atoms with Crippen molar-refractivity contribution >= 4 is 27.7 Å². The molecule has 0 radical (unpaired) electrons. The van der Waals surface area contributed by atoms with Crippen molar-refractivity contribution in [2.24, 2.45) is 5.92 Å². The molecule has 1 aromatic carbocycles. The molecule has 1 aromatic rings. The Labute approximate surface area is 134 Å². The Morgan fingerprint density at radius 1 is 1.33 bits per heavy atom. The summed E-state index contributed by atoms with van der Waals surface area (Å²) >= 11 is 3.42. The van der Waals surface area contributed by atoms with E-state index in [1.807, 2.05) is 43.0 Å². The first-order valence-electron chi connectivity index (χ1n) is 7.38. The topological polar surface area (TPSA) is 49.4 Å². The lowest BCUT2D eigenvalue weighted by molar-refractivity contribution is -0.129. The highest BCUT2D eigenvalue weighted by Crippen LogP contribution is 2.28. The number of benzene rings is 1. The van der Waals surface area contributed by atoms with Crippen LogP contribution in [0.2, 0.25) is 0 Å². The first-order valence-corrected chi connectivity index (χ1v) is 8.17. The molecule has 0 aliphatic carbocycles. The van der Waals surface area contributed by atoms with Gasteiger partial charge in [0, 0.05) is 30.0 Å². The maximum atomic E-state index is 12.2. The summed E-state index contributed by atoms with van der Waals surface area (Å²) in [7, 11) is 0. The SMILES string of the molecule is CCNC(=O)C1CC(=O)N(CC)C1Cc1ccc(Br)cc1. The third kappa shape index (κ3) is 3.64. The lowest BCUT2D eigenvalue weighted by Gasteiger charge is -2.27. The molecule has 2 amide bonds. The van der Waals surface area contributed by atoms with Gasteiger partial charge in [0.05, 0.1) is 5.92 Å². The summed E-state index contributed by atoms with van der Waals surface area (Å²) in [5, 5.41) is 2.85. The monoisotopic (exact) mass is 352 g/mol. The maximum Gasteiger partial charge on any atom is 0.225 e. The fourth-order valence-corrected chi connectivity index (χ4v) is 3.21. The molecule has 114 valence electrons. The first kappa shape index (κ1) is 16.0. The number of halogens is 1. The molecule has 0 aromatic heterocycles. The minimum atomic E-state index is -0.249. The molecule has 1 fully saturated rings. The van der Waals surface area contributed by atoms with Crippen molar-refractivity contribution in [2.45, 2.75) is 32.7 Å². The van der Waals surface area contributed by atoms with Crippen LogP contribution in [0.3, 0.4) is 0 Å². The number of likely N-dealkylation sites (tertiary alicyclic amines) is 1. The van der Waals surface area contributed by atoms with Crippen LogP contribution in [0.1, 0.15) is 25.8 Å². The van der Waals surface area contributed by atoms with Crippen molar-refractivity contribution in [3.8, 4) is 0 Å². The zero-order valence-corrected chi connectivity index (χ0v) is 14.0. The second-order valence-electron chi connectivity index (χ2n) is 5.28. The van der Waals surface area contributed by atoms with E-state index in [1.165, 1.54) is 0 Å². The van der Waals surface area contributed by atoms with Crippen LogP contribution < -0.4 is 5.32 Å². The predicted molar refractivity (Wildman–Crippen MR) is 85.8 cm³/mol. The van der Waals surface area contributed by atoms with Gasteiger partial charge in [0.15, 0.2) is 0 Å². The van der Waals surface area contributed by atoms with E-state index in [1.54, 1.807) is 0 Å². The fourth-order valence-electron chi connectivity index (χ4n) is 2.94. The summed E-state index contributed by atoms with van der Waals surface area (Å²) in [5.41, 5.74) is 1.14. The Bertz CT molecular complexity index is 516. The lowest BCUT2D eigenvalue weighted by Crippen LogP contribution is -2.42. The summed E-state index contributed by atoms with van der Waals surface area (Å²) in [6.07, 6.45) is 1.04. The summed E-state index contributed by atoms with van der Waals surface area (Å²) in [6.45, 7) is 5.11. The van der Waals surface area contributed by atoms with Crippen molar-refractivity contribution in [3.63, 3.8) is 0 Å². The number of hydrogen-bond acceptors (Lipinski definition) is 2. The van der Waals surface area contributed by atoms with Crippen LogP contribution >= 0.6 is 15.9 Å². The smallest absolute Gasteiger partial charge is 0.225 e. The van der Waals surface area contributed by atoms with Gasteiger partial charge < -0.3 is 10.2 Å². The third-order valence-electron chi connectivity index (χ3n) is 3.97. The molecule has 21 heavy (non-hydrogen) atoms. The molecule has 1 N–H and O–H groups in total. The van der Waals surface area contributed by atoms with Gasteiger partial charge in [0.2, 0.25) is 11.8 Å². The zero-order chi connectivity index (χ0) is 15.4. The average Bonchev–Trinajstić information content (AvgIpc) is 2.77. The molecule has 2 rings (SSSR count). The van der Waals surface area contributed by atoms with E-state index in [-0.39, 0.29) is 23.8 Å². The molecule has 0 bridgehead atoms. The highest BCUT2D eigenvalue weighted by Gasteiger charge is 2.42. The number of likely N-dealkylation sites (N-methyl/N-ethyl adjacent to an activating group) is 1. The Balaban J connectivity index is 2.19. The van der Waals surface area contributed by atoms with E-state index in [2.05, 4.69) is 21.2 Å². The average molecular weight is 353 g/mol. The summed E-state index contributed by atoms with van der Waals surface area (Å²) < 4.78 is 1.03. The number of nitrogens with one attached hydrogen (secondary N) is 1. The highest BCUT2D eigenvalue weighted by molar-refractivity contribution is 9.10. The molecule has 0 saturated carbocycles. The Morgan fingerprint density at radius 3 is 2.57 bits per heavy atom. The second-order valence-corrected chi connectivity index (χ2v) is 6.20. The van der Waals surface area contributed by atoms with Gasteiger partial charge in [0.25, 0.3) is 0 Å². The molecule has 1 aliphatic heterocycles. The van der Waals surface area contributed by atoms with Gasteiger partial charge in [-0.25, -0.2) is 0 Å². The largest absolute Gasteiger partial charge is 0.356 e. The predicted octanol–water partition coefficient (Wildman–Crippen LogP) is 2.36. The van der Waals surface area contributed by atoms with Crippen molar-refractivity contribution < 1.29 is 9.59 Å². The number of carbonyl (C=O) groups is 2.